The van der Waals surface area contributed by atoms with Gasteiger partial charge in [0.25, 0.3) is 0 Å². The maximum absolute atomic E-state index is 3.73. The van der Waals surface area contributed by atoms with Crippen molar-refractivity contribution in [3.63, 3.8) is 0 Å². The average Bonchev–Trinajstić information content (AvgIpc) is 2.26. The van der Waals surface area contributed by atoms with E-state index < -0.39 is 0 Å². The van der Waals surface area contributed by atoms with Crippen molar-refractivity contribution < 1.29 is 0 Å². The summed E-state index contributed by atoms with van der Waals surface area (Å²) >= 11 is 0. The van der Waals surface area contributed by atoms with Crippen LogP contribution in [0.4, 0.5) is 0 Å². The fraction of sp³-hybridized carbons (Fsp3) is 0.667. The highest BCUT2D eigenvalue weighted by molar-refractivity contribution is 5.30. The lowest BCUT2D eigenvalue weighted by atomic mass is 9.77. The van der Waals surface area contributed by atoms with Gasteiger partial charge < -0.3 is 5.32 Å². The zero-order valence-corrected chi connectivity index (χ0v) is 13.0. The Labute approximate surface area is 118 Å². The molecule has 0 bridgehead atoms. The van der Waals surface area contributed by atoms with Crippen molar-refractivity contribution in [2.75, 3.05) is 6.54 Å². The molecule has 1 saturated carbocycles. The Morgan fingerprint density at radius 1 is 1.26 bits per heavy atom. The zero-order chi connectivity index (χ0) is 13.9. The van der Waals surface area contributed by atoms with Gasteiger partial charge in [0.1, 0.15) is 0 Å². The van der Waals surface area contributed by atoms with Crippen LogP contribution in [0.2, 0.25) is 0 Å². The third-order valence-electron chi connectivity index (χ3n) is 4.29. The first-order valence-electron chi connectivity index (χ1n) is 7.85. The number of hydrogen-bond acceptors (Lipinski definition) is 1. The van der Waals surface area contributed by atoms with Crippen LogP contribution in [0.15, 0.2) is 24.3 Å². The molecule has 0 amide bonds. The van der Waals surface area contributed by atoms with Crippen molar-refractivity contribution >= 4 is 0 Å². The van der Waals surface area contributed by atoms with Crippen molar-refractivity contribution in [1.29, 1.82) is 0 Å². The molecule has 1 N–H and O–H groups in total. The van der Waals surface area contributed by atoms with Gasteiger partial charge in [-0.05, 0) is 48.3 Å². The molecule has 0 spiro atoms. The van der Waals surface area contributed by atoms with Gasteiger partial charge in [0.05, 0.1) is 0 Å². The second-order valence-electron chi connectivity index (χ2n) is 7.05. The van der Waals surface area contributed by atoms with E-state index in [2.05, 4.69) is 57.3 Å². The first-order chi connectivity index (χ1) is 9.02. The van der Waals surface area contributed by atoms with Crippen LogP contribution in [-0.2, 0) is 0 Å². The highest BCUT2D eigenvalue weighted by atomic mass is 14.9. The predicted octanol–water partition coefficient (Wildman–Crippen LogP) is 5.04. The van der Waals surface area contributed by atoms with Crippen LogP contribution in [-0.4, -0.2) is 6.54 Å². The van der Waals surface area contributed by atoms with Crippen LogP contribution >= 0.6 is 0 Å². The summed E-state index contributed by atoms with van der Waals surface area (Å²) in [5.74, 6) is 0.826. The smallest absolute Gasteiger partial charge is 0.0369 e. The lowest BCUT2D eigenvalue weighted by molar-refractivity contribution is 0.273. The SMILES string of the molecule is CCCNC(c1cccc(C2CCC2)c1)C(C)(C)C. The molecule has 0 aromatic heterocycles. The number of hydrogen-bond donors (Lipinski definition) is 1. The van der Waals surface area contributed by atoms with E-state index in [0.29, 0.717) is 6.04 Å². The van der Waals surface area contributed by atoms with E-state index in [1.165, 1.54) is 31.2 Å². The monoisotopic (exact) mass is 259 g/mol. The summed E-state index contributed by atoms with van der Waals surface area (Å²) in [4.78, 5) is 0. The second kappa shape index (κ2) is 6.09. The van der Waals surface area contributed by atoms with Crippen LogP contribution in [0.25, 0.3) is 0 Å². The lowest BCUT2D eigenvalue weighted by Gasteiger charge is -2.33. The molecule has 0 radical (unpaired) electrons. The first-order valence-corrected chi connectivity index (χ1v) is 7.85. The molecule has 0 aliphatic heterocycles. The Kier molecular flexibility index (Phi) is 4.67. The van der Waals surface area contributed by atoms with E-state index in [4.69, 9.17) is 0 Å². The van der Waals surface area contributed by atoms with Gasteiger partial charge in [-0.25, -0.2) is 0 Å². The summed E-state index contributed by atoms with van der Waals surface area (Å²) in [5, 5.41) is 3.73. The largest absolute Gasteiger partial charge is 0.309 e. The standard InChI is InChI=1S/C18H29N/c1-5-12-19-17(18(2,3)4)16-11-7-10-15(13-16)14-8-6-9-14/h7,10-11,13-14,17,19H,5-6,8-9,12H2,1-4H3. The van der Waals surface area contributed by atoms with Gasteiger partial charge in [0, 0.05) is 6.04 Å². The molecular weight excluding hydrogens is 230 g/mol. The Bertz CT molecular complexity index is 398. The molecular formula is C18H29N. The maximum atomic E-state index is 3.73. The Morgan fingerprint density at radius 3 is 2.53 bits per heavy atom. The van der Waals surface area contributed by atoms with Gasteiger partial charge in [-0.3, -0.25) is 0 Å². The highest BCUT2D eigenvalue weighted by Gasteiger charge is 2.27. The van der Waals surface area contributed by atoms with Gasteiger partial charge in [-0.15, -0.1) is 0 Å². The predicted molar refractivity (Wildman–Crippen MR) is 83.5 cm³/mol. The summed E-state index contributed by atoms with van der Waals surface area (Å²) in [7, 11) is 0. The van der Waals surface area contributed by atoms with Crippen molar-refractivity contribution in [2.45, 2.75) is 65.3 Å². The average molecular weight is 259 g/mol. The minimum atomic E-state index is 0.257. The Balaban J connectivity index is 2.20. The van der Waals surface area contributed by atoms with Crippen LogP contribution < -0.4 is 5.32 Å². The van der Waals surface area contributed by atoms with Crippen molar-refractivity contribution in [3.05, 3.63) is 35.4 Å². The van der Waals surface area contributed by atoms with E-state index in [1.54, 1.807) is 5.56 Å². The molecule has 1 aliphatic carbocycles. The van der Waals surface area contributed by atoms with Crippen LogP contribution in [0, 0.1) is 5.41 Å². The summed E-state index contributed by atoms with van der Waals surface area (Å²) in [6.45, 7) is 10.3. The maximum Gasteiger partial charge on any atom is 0.0369 e. The normalized spacial score (nSPS) is 18.1. The van der Waals surface area contributed by atoms with E-state index >= 15 is 0 Å². The van der Waals surface area contributed by atoms with E-state index in [-0.39, 0.29) is 5.41 Å². The molecule has 19 heavy (non-hydrogen) atoms. The molecule has 0 heterocycles. The van der Waals surface area contributed by atoms with Crippen molar-refractivity contribution in [2.24, 2.45) is 5.41 Å². The molecule has 1 heteroatoms. The Hall–Kier alpha value is -0.820. The molecule has 2 rings (SSSR count). The second-order valence-corrected chi connectivity index (χ2v) is 7.05. The minimum Gasteiger partial charge on any atom is -0.309 e. The topological polar surface area (TPSA) is 12.0 Å². The van der Waals surface area contributed by atoms with E-state index in [9.17, 15) is 0 Å². The summed E-state index contributed by atoms with van der Waals surface area (Å²) in [5.41, 5.74) is 3.27. The quantitative estimate of drug-likeness (QED) is 0.781. The summed E-state index contributed by atoms with van der Waals surface area (Å²) in [6, 6.07) is 9.75. The number of nitrogens with one attached hydrogen (secondary N) is 1. The summed E-state index contributed by atoms with van der Waals surface area (Å²) in [6.07, 6.45) is 5.36. The van der Waals surface area contributed by atoms with Gasteiger partial charge in [-0.2, -0.15) is 0 Å². The molecule has 1 aromatic rings. The third kappa shape index (κ3) is 3.60. The molecule has 1 aromatic carbocycles. The van der Waals surface area contributed by atoms with Gasteiger partial charge >= 0.3 is 0 Å². The molecule has 1 unspecified atom stereocenters. The number of rotatable bonds is 5. The van der Waals surface area contributed by atoms with E-state index in [0.717, 1.165) is 12.5 Å². The van der Waals surface area contributed by atoms with Crippen molar-refractivity contribution in [3.8, 4) is 0 Å². The highest BCUT2D eigenvalue weighted by Crippen LogP contribution is 2.39. The van der Waals surface area contributed by atoms with Crippen LogP contribution in [0.1, 0.15) is 76.5 Å². The van der Waals surface area contributed by atoms with Crippen LogP contribution in [0.5, 0.6) is 0 Å². The fourth-order valence-electron chi connectivity index (χ4n) is 2.95. The summed E-state index contributed by atoms with van der Waals surface area (Å²) < 4.78 is 0. The molecule has 0 saturated heterocycles. The molecule has 1 atom stereocenters. The molecule has 1 fully saturated rings. The third-order valence-corrected chi connectivity index (χ3v) is 4.29. The molecule has 106 valence electrons. The van der Waals surface area contributed by atoms with E-state index in [1.807, 2.05) is 0 Å². The fourth-order valence-corrected chi connectivity index (χ4v) is 2.95. The van der Waals surface area contributed by atoms with Crippen LogP contribution in [0.3, 0.4) is 0 Å². The number of benzene rings is 1. The minimum absolute atomic E-state index is 0.257. The van der Waals surface area contributed by atoms with Crippen molar-refractivity contribution in [1.82, 2.24) is 5.32 Å². The van der Waals surface area contributed by atoms with Gasteiger partial charge in [-0.1, -0.05) is 58.4 Å². The molecule has 1 nitrogen and oxygen atoms in total. The van der Waals surface area contributed by atoms with Gasteiger partial charge in [0.2, 0.25) is 0 Å². The first kappa shape index (κ1) is 14.6. The Morgan fingerprint density at radius 2 is 2.00 bits per heavy atom. The lowest BCUT2D eigenvalue weighted by Crippen LogP contribution is -2.33. The van der Waals surface area contributed by atoms with Gasteiger partial charge in [0.15, 0.2) is 0 Å². The zero-order valence-electron chi connectivity index (χ0n) is 13.0. The molecule has 1 aliphatic rings.